The molecule has 1 atom stereocenters. The Morgan fingerprint density at radius 1 is 1.29 bits per heavy atom. The summed E-state index contributed by atoms with van der Waals surface area (Å²) in [5, 5.41) is 20.9. The van der Waals surface area contributed by atoms with Crippen LogP contribution in [0.5, 0.6) is 0 Å². The minimum atomic E-state index is -0.504. The van der Waals surface area contributed by atoms with E-state index in [-0.39, 0.29) is 5.95 Å². The van der Waals surface area contributed by atoms with E-state index >= 15 is 0 Å². The number of rotatable bonds is 6. The van der Waals surface area contributed by atoms with E-state index in [0.717, 1.165) is 22.2 Å². The van der Waals surface area contributed by atoms with Crippen LogP contribution < -0.4 is 11.1 Å². The van der Waals surface area contributed by atoms with Crippen molar-refractivity contribution < 1.29 is 5.11 Å². The number of nitrogen functional groups attached to an aromatic ring is 1. The standard InChI is InChI=1S/C16H21N7O/c1-23(2)9-11(24)8-18-15-12-4-3-10(13-5-6-19-22-13)7-14(12)20-16(17)21-15/h3-7,11,24H,8-9H2,1-2H3,(H,19,22)(H3,17,18,20,21). The van der Waals surface area contributed by atoms with Crippen LogP contribution in [0.15, 0.2) is 30.5 Å². The van der Waals surface area contributed by atoms with Gasteiger partial charge in [0.1, 0.15) is 5.82 Å². The van der Waals surface area contributed by atoms with Gasteiger partial charge in [0.25, 0.3) is 0 Å². The fourth-order valence-electron chi connectivity index (χ4n) is 2.57. The molecule has 3 rings (SSSR count). The van der Waals surface area contributed by atoms with Crippen LogP contribution in [-0.4, -0.2) is 63.5 Å². The lowest BCUT2D eigenvalue weighted by Crippen LogP contribution is -2.31. The maximum absolute atomic E-state index is 10.0. The molecule has 3 aromatic rings. The Kier molecular flexibility index (Phi) is 4.59. The molecule has 1 unspecified atom stereocenters. The Morgan fingerprint density at radius 2 is 2.12 bits per heavy atom. The van der Waals surface area contributed by atoms with Crippen LogP contribution in [0.2, 0.25) is 0 Å². The number of anilines is 2. The smallest absolute Gasteiger partial charge is 0.222 e. The number of aromatic amines is 1. The van der Waals surface area contributed by atoms with Gasteiger partial charge in [0.15, 0.2) is 0 Å². The quantitative estimate of drug-likeness (QED) is 0.532. The molecule has 126 valence electrons. The molecule has 1 aromatic carbocycles. The van der Waals surface area contributed by atoms with Gasteiger partial charge in [-0.25, -0.2) is 4.98 Å². The summed E-state index contributed by atoms with van der Waals surface area (Å²) in [6, 6.07) is 7.73. The zero-order valence-electron chi connectivity index (χ0n) is 13.7. The minimum absolute atomic E-state index is 0.189. The van der Waals surface area contributed by atoms with Crippen molar-refractivity contribution >= 4 is 22.7 Å². The summed E-state index contributed by atoms with van der Waals surface area (Å²) in [5.74, 6) is 0.806. The molecule has 8 heteroatoms. The fraction of sp³-hybridized carbons (Fsp3) is 0.312. The molecule has 24 heavy (non-hydrogen) atoms. The molecule has 0 spiro atoms. The monoisotopic (exact) mass is 327 g/mol. The molecule has 0 saturated heterocycles. The lowest BCUT2D eigenvalue weighted by Gasteiger charge is -2.17. The second-order valence-electron chi connectivity index (χ2n) is 5.93. The lowest BCUT2D eigenvalue weighted by atomic mass is 10.1. The normalized spacial score (nSPS) is 12.7. The summed E-state index contributed by atoms with van der Waals surface area (Å²) in [4.78, 5) is 10.5. The maximum Gasteiger partial charge on any atom is 0.222 e. The van der Waals surface area contributed by atoms with Gasteiger partial charge in [-0.3, -0.25) is 5.10 Å². The highest BCUT2D eigenvalue weighted by Crippen LogP contribution is 2.26. The first-order chi connectivity index (χ1) is 11.5. The van der Waals surface area contributed by atoms with E-state index in [0.29, 0.717) is 18.9 Å². The highest BCUT2D eigenvalue weighted by Gasteiger charge is 2.11. The Bertz CT molecular complexity index is 817. The van der Waals surface area contributed by atoms with Gasteiger partial charge in [-0.2, -0.15) is 10.1 Å². The van der Waals surface area contributed by atoms with Gasteiger partial charge >= 0.3 is 0 Å². The molecule has 0 aliphatic carbocycles. The van der Waals surface area contributed by atoms with Crippen molar-refractivity contribution in [3.8, 4) is 11.3 Å². The number of aromatic nitrogens is 4. The van der Waals surface area contributed by atoms with Crippen molar-refractivity contribution in [2.75, 3.05) is 38.2 Å². The molecule has 0 fully saturated rings. The van der Waals surface area contributed by atoms with Gasteiger partial charge in [0, 0.05) is 30.2 Å². The number of aliphatic hydroxyl groups excluding tert-OH is 1. The molecule has 2 aromatic heterocycles. The Balaban J connectivity index is 1.88. The Labute approximate surface area is 139 Å². The summed E-state index contributed by atoms with van der Waals surface area (Å²) in [6.45, 7) is 0.946. The van der Waals surface area contributed by atoms with E-state index < -0.39 is 6.10 Å². The summed E-state index contributed by atoms with van der Waals surface area (Å²) >= 11 is 0. The average molecular weight is 327 g/mol. The van der Waals surface area contributed by atoms with E-state index in [1.54, 1.807) is 6.20 Å². The summed E-state index contributed by atoms with van der Waals surface area (Å²) < 4.78 is 0. The summed E-state index contributed by atoms with van der Waals surface area (Å²) in [5.41, 5.74) is 8.44. The molecule has 0 radical (unpaired) electrons. The van der Waals surface area contributed by atoms with Crippen molar-refractivity contribution in [3.63, 3.8) is 0 Å². The second kappa shape index (κ2) is 6.81. The predicted molar refractivity (Wildman–Crippen MR) is 94.6 cm³/mol. The van der Waals surface area contributed by atoms with E-state index in [4.69, 9.17) is 5.73 Å². The number of nitrogens with zero attached hydrogens (tertiary/aromatic N) is 4. The number of likely N-dealkylation sites (N-methyl/N-ethyl adjacent to an activating group) is 1. The summed E-state index contributed by atoms with van der Waals surface area (Å²) in [7, 11) is 3.83. The first-order valence-electron chi connectivity index (χ1n) is 7.66. The number of nitrogens with one attached hydrogen (secondary N) is 2. The van der Waals surface area contributed by atoms with Crippen molar-refractivity contribution in [2.45, 2.75) is 6.10 Å². The Hall–Kier alpha value is -2.71. The first kappa shape index (κ1) is 16.2. The van der Waals surface area contributed by atoms with Crippen LogP contribution in [0.1, 0.15) is 0 Å². The topological polar surface area (TPSA) is 116 Å². The fourth-order valence-corrected chi connectivity index (χ4v) is 2.57. The molecule has 8 nitrogen and oxygen atoms in total. The van der Waals surface area contributed by atoms with Crippen LogP contribution in [0, 0.1) is 0 Å². The molecule has 5 N–H and O–H groups in total. The number of hydrogen-bond donors (Lipinski definition) is 4. The third kappa shape index (κ3) is 3.61. The highest BCUT2D eigenvalue weighted by molar-refractivity contribution is 5.92. The highest BCUT2D eigenvalue weighted by atomic mass is 16.3. The Morgan fingerprint density at radius 3 is 2.83 bits per heavy atom. The number of benzene rings is 1. The molecule has 2 heterocycles. The second-order valence-corrected chi connectivity index (χ2v) is 5.93. The van der Waals surface area contributed by atoms with Crippen molar-refractivity contribution in [3.05, 3.63) is 30.5 Å². The van der Waals surface area contributed by atoms with Gasteiger partial charge in [-0.1, -0.05) is 6.07 Å². The van der Waals surface area contributed by atoms with Crippen LogP contribution in [0.4, 0.5) is 11.8 Å². The SMILES string of the molecule is CN(C)CC(O)CNc1nc(N)nc2cc(-c3ccn[nH]3)ccc12. The van der Waals surface area contributed by atoms with Gasteiger partial charge in [-0.05, 0) is 32.3 Å². The molecule has 0 aliphatic rings. The number of nitrogens with two attached hydrogens (primary N) is 1. The predicted octanol–water partition coefficient (Wildman–Crippen LogP) is 0.936. The number of H-pyrrole nitrogens is 1. The molecule has 0 amide bonds. The number of aliphatic hydroxyl groups is 1. The van der Waals surface area contributed by atoms with Crippen LogP contribution in [0.25, 0.3) is 22.2 Å². The van der Waals surface area contributed by atoms with Crippen LogP contribution >= 0.6 is 0 Å². The van der Waals surface area contributed by atoms with Crippen LogP contribution in [-0.2, 0) is 0 Å². The third-order valence-electron chi connectivity index (χ3n) is 3.61. The largest absolute Gasteiger partial charge is 0.390 e. The third-order valence-corrected chi connectivity index (χ3v) is 3.61. The zero-order valence-corrected chi connectivity index (χ0v) is 13.7. The molecular formula is C16H21N7O. The van der Waals surface area contributed by atoms with E-state index in [2.05, 4.69) is 25.5 Å². The average Bonchev–Trinajstić information content (AvgIpc) is 3.05. The minimum Gasteiger partial charge on any atom is -0.390 e. The van der Waals surface area contributed by atoms with E-state index in [9.17, 15) is 5.11 Å². The van der Waals surface area contributed by atoms with Crippen molar-refractivity contribution in [1.29, 1.82) is 0 Å². The number of hydrogen-bond acceptors (Lipinski definition) is 7. The zero-order chi connectivity index (χ0) is 17.1. The maximum atomic E-state index is 10.0. The van der Waals surface area contributed by atoms with Gasteiger partial charge in [0.05, 0.1) is 17.3 Å². The van der Waals surface area contributed by atoms with Gasteiger partial charge in [0.2, 0.25) is 5.95 Å². The van der Waals surface area contributed by atoms with E-state index in [1.165, 1.54) is 0 Å². The van der Waals surface area contributed by atoms with Crippen molar-refractivity contribution in [2.24, 2.45) is 0 Å². The number of fused-ring (bicyclic) bond motifs is 1. The lowest BCUT2D eigenvalue weighted by molar-refractivity contribution is 0.148. The van der Waals surface area contributed by atoms with Gasteiger partial charge < -0.3 is 21.1 Å². The van der Waals surface area contributed by atoms with Crippen LogP contribution in [0.3, 0.4) is 0 Å². The first-order valence-corrected chi connectivity index (χ1v) is 7.66. The molecule has 0 aliphatic heterocycles. The molecule has 0 bridgehead atoms. The summed E-state index contributed by atoms with van der Waals surface area (Å²) in [6.07, 6.45) is 1.20. The van der Waals surface area contributed by atoms with Gasteiger partial charge in [-0.15, -0.1) is 0 Å². The molecular weight excluding hydrogens is 306 g/mol. The molecule has 0 saturated carbocycles. The van der Waals surface area contributed by atoms with E-state index in [1.807, 2.05) is 43.3 Å². The van der Waals surface area contributed by atoms with Crippen molar-refractivity contribution in [1.82, 2.24) is 25.1 Å².